The van der Waals surface area contributed by atoms with Crippen molar-refractivity contribution in [2.45, 2.75) is 6.92 Å². The molecule has 94 valence electrons. The van der Waals surface area contributed by atoms with Gasteiger partial charge in [-0.1, -0.05) is 17.3 Å². The minimum atomic E-state index is -1.09. The molecular weight excluding hydrogens is 232 g/mol. The molecule has 0 unspecified atom stereocenters. The Morgan fingerprint density at radius 1 is 1.39 bits per heavy atom. The van der Waals surface area contributed by atoms with E-state index in [9.17, 15) is 4.79 Å². The number of carboxylic acids is 1. The second-order valence-corrected chi connectivity index (χ2v) is 4.25. The summed E-state index contributed by atoms with van der Waals surface area (Å²) in [6.07, 6.45) is 0. The molecule has 0 spiro atoms. The monoisotopic (exact) mass is 246 g/mol. The van der Waals surface area contributed by atoms with Crippen LogP contribution in [0.25, 0.3) is 11.3 Å². The van der Waals surface area contributed by atoms with Crippen LogP contribution in [0.1, 0.15) is 16.1 Å². The molecule has 0 saturated carbocycles. The number of hydrogen-bond acceptors (Lipinski definition) is 4. The van der Waals surface area contributed by atoms with Gasteiger partial charge in [0.25, 0.3) is 0 Å². The molecule has 1 aromatic heterocycles. The number of aromatic carboxylic acids is 1. The molecule has 5 heteroatoms. The van der Waals surface area contributed by atoms with Crippen LogP contribution in [0, 0.1) is 6.92 Å². The van der Waals surface area contributed by atoms with Crippen LogP contribution in [0.4, 0.5) is 5.69 Å². The fourth-order valence-electron chi connectivity index (χ4n) is 1.84. The highest BCUT2D eigenvalue weighted by Gasteiger charge is 2.17. The van der Waals surface area contributed by atoms with Gasteiger partial charge >= 0.3 is 5.97 Å². The lowest BCUT2D eigenvalue weighted by molar-refractivity contribution is 0.0686. The zero-order valence-corrected chi connectivity index (χ0v) is 10.5. The standard InChI is InChI=1S/C13H14N2O3/c1-8-5-4-6-10(15(2)3)12(8)11-7-9(13(16)17)14-18-11/h4-7H,1-3H3,(H,16,17). The van der Waals surface area contributed by atoms with Crippen LogP contribution in [0.15, 0.2) is 28.8 Å². The molecule has 0 saturated heterocycles. The third-order valence-corrected chi connectivity index (χ3v) is 2.71. The molecule has 1 N–H and O–H groups in total. The summed E-state index contributed by atoms with van der Waals surface area (Å²) in [5.74, 6) is -0.626. The summed E-state index contributed by atoms with van der Waals surface area (Å²) in [5.41, 5.74) is 2.75. The summed E-state index contributed by atoms with van der Waals surface area (Å²) < 4.78 is 5.13. The summed E-state index contributed by atoms with van der Waals surface area (Å²) in [6.45, 7) is 1.95. The van der Waals surface area contributed by atoms with Gasteiger partial charge < -0.3 is 14.5 Å². The number of rotatable bonds is 3. The van der Waals surface area contributed by atoms with Crippen LogP contribution in [0.2, 0.25) is 0 Å². The summed E-state index contributed by atoms with van der Waals surface area (Å²) >= 11 is 0. The fourth-order valence-corrected chi connectivity index (χ4v) is 1.84. The highest BCUT2D eigenvalue weighted by atomic mass is 16.5. The van der Waals surface area contributed by atoms with Crippen LogP contribution in [0.3, 0.4) is 0 Å². The first-order valence-corrected chi connectivity index (χ1v) is 5.48. The van der Waals surface area contributed by atoms with Crippen LogP contribution in [0.5, 0.6) is 0 Å². The van der Waals surface area contributed by atoms with Crippen molar-refractivity contribution >= 4 is 11.7 Å². The molecule has 1 heterocycles. The lowest BCUT2D eigenvalue weighted by Crippen LogP contribution is -2.10. The van der Waals surface area contributed by atoms with E-state index < -0.39 is 5.97 Å². The highest BCUT2D eigenvalue weighted by Crippen LogP contribution is 2.33. The van der Waals surface area contributed by atoms with Crippen LogP contribution < -0.4 is 4.90 Å². The van der Waals surface area contributed by atoms with E-state index in [1.807, 2.05) is 44.1 Å². The van der Waals surface area contributed by atoms with Crippen molar-refractivity contribution in [1.29, 1.82) is 0 Å². The molecule has 0 amide bonds. The van der Waals surface area contributed by atoms with Crippen molar-refractivity contribution < 1.29 is 14.4 Å². The summed E-state index contributed by atoms with van der Waals surface area (Å²) in [5, 5.41) is 12.4. The van der Waals surface area contributed by atoms with Gasteiger partial charge in [0, 0.05) is 31.4 Å². The van der Waals surface area contributed by atoms with Crippen molar-refractivity contribution in [2.75, 3.05) is 19.0 Å². The Labute approximate surface area is 105 Å². The van der Waals surface area contributed by atoms with Crippen LogP contribution in [-0.2, 0) is 0 Å². The summed E-state index contributed by atoms with van der Waals surface area (Å²) in [6, 6.07) is 7.29. The highest BCUT2D eigenvalue weighted by molar-refractivity contribution is 5.88. The second-order valence-electron chi connectivity index (χ2n) is 4.25. The van der Waals surface area contributed by atoms with E-state index >= 15 is 0 Å². The zero-order valence-electron chi connectivity index (χ0n) is 10.5. The lowest BCUT2D eigenvalue weighted by atomic mass is 10.0. The van der Waals surface area contributed by atoms with Crippen molar-refractivity contribution in [3.05, 3.63) is 35.5 Å². The first-order valence-electron chi connectivity index (χ1n) is 5.48. The molecule has 0 radical (unpaired) electrons. The summed E-state index contributed by atoms with van der Waals surface area (Å²) in [4.78, 5) is 12.8. The number of carboxylic acid groups (broad SMARTS) is 1. The summed E-state index contributed by atoms with van der Waals surface area (Å²) in [7, 11) is 3.85. The molecule has 0 atom stereocenters. The number of hydrogen-bond donors (Lipinski definition) is 1. The van der Waals surface area contributed by atoms with Crippen molar-refractivity contribution in [3.8, 4) is 11.3 Å². The number of aromatic nitrogens is 1. The van der Waals surface area contributed by atoms with Crippen LogP contribution in [-0.4, -0.2) is 30.3 Å². The Balaban J connectivity index is 2.58. The number of anilines is 1. The number of nitrogens with zero attached hydrogens (tertiary/aromatic N) is 2. The molecule has 1 aromatic carbocycles. The molecule has 0 aliphatic heterocycles. The predicted octanol–water partition coefficient (Wildman–Crippen LogP) is 2.41. The minimum Gasteiger partial charge on any atom is -0.476 e. The lowest BCUT2D eigenvalue weighted by Gasteiger charge is -2.17. The fraction of sp³-hybridized carbons (Fsp3) is 0.231. The molecule has 2 rings (SSSR count). The third kappa shape index (κ3) is 2.07. The Morgan fingerprint density at radius 3 is 2.67 bits per heavy atom. The maximum absolute atomic E-state index is 10.8. The predicted molar refractivity (Wildman–Crippen MR) is 68.0 cm³/mol. The molecular formula is C13H14N2O3. The molecule has 0 aliphatic carbocycles. The van der Waals surface area contributed by atoms with E-state index in [4.69, 9.17) is 9.63 Å². The molecule has 0 fully saturated rings. The van der Waals surface area contributed by atoms with E-state index in [0.717, 1.165) is 16.8 Å². The number of carbonyl (C=O) groups is 1. The van der Waals surface area contributed by atoms with Gasteiger partial charge in [0.15, 0.2) is 11.5 Å². The Kier molecular flexibility index (Phi) is 3.06. The van der Waals surface area contributed by atoms with Gasteiger partial charge in [-0.05, 0) is 18.6 Å². The van der Waals surface area contributed by atoms with Gasteiger partial charge in [0.1, 0.15) is 0 Å². The quantitative estimate of drug-likeness (QED) is 0.900. The molecule has 0 bridgehead atoms. The maximum atomic E-state index is 10.8. The van der Waals surface area contributed by atoms with Crippen molar-refractivity contribution in [2.24, 2.45) is 0 Å². The maximum Gasteiger partial charge on any atom is 0.358 e. The van der Waals surface area contributed by atoms with Gasteiger partial charge in [-0.25, -0.2) is 4.79 Å². The zero-order chi connectivity index (χ0) is 13.3. The first kappa shape index (κ1) is 12.2. The average molecular weight is 246 g/mol. The van der Waals surface area contributed by atoms with E-state index in [2.05, 4.69) is 5.16 Å². The first-order chi connectivity index (χ1) is 8.50. The van der Waals surface area contributed by atoms with Gasteiger partial charge in [-0.3, -0.25) is 0 Å². The van der Waals surface area contributed by atoms with E-state index in [-0.39, 0.29) is 5.69 Å². The van der Waals surface area contributed by atoms with E-state index in [0.29, 0.717) is 5.76 Å². The van der Waals surface area contributed by atoms with Gasteiger partial charge in [-0.2, -0.15) is 0 Å². The van der Waals surface area contributed by atoms with E-state index in [1.54, 1.807) is 0 Å². The van der Waals surface area contributed by atoms with Gasteiger partial charge in [-0.15, -0.1) is 0 Å². The minimum absolute atomic E-state index is 0.0852. The SMILES string of the molecule is Cc1cccc(N(C)C)c1-c1cc(C(=O)O)no1. The molecule has 2 aromatic rings. The Bertz CT molecular complexity index is 588. The van der Waals surface area contributed by atoms with Crippen molar-refractivity contribution in [3.63, 3.8) is 0 Å². The van der Waals surface area contributed by atoms with Gasteiger partial charge in [0.05, 0.1) is 0 Å². The van der Waals surface area contributed by atoms with Crippen molar-refractivity contribution in [1.82, 2.24) is 5.16 Å². The molecule has 0 aliphatic rings. The largest absolute Gasteiger partial charge is 0.476 e. The number of benzene rings is 1. The smallest absolute Gasteiger partial charge is 0.358 e. The molecule has 5 nitrogen and oxygen atoms in total. The van der Waals surface area contributed by atoms with Crippen LogP contribution >= 0.6 is 0 Å². The second kappa shape index (κ2) is 4.52. The van der Waals surface area contributed by atoms with E-state index in [1.165, 1.54) is 6.07 Å². The average Bonchev–Trinajstić information content (AvgIpc) is 2.77. The third-order valence-electron chi connectivity index (χ3n) is 2.71. The topological polar surface area (TPSA) is 66.6 Å². The van der Waals surface area contributed by atoms with Gasteiger partial charge in [0.2, 0.25) is 0 Å². The molecule has 18 heavy (non-hydrogen) atoms. The normalized spacial score (nSPS) is 10.4. The number of aryl methyl sites for hydroxylation is 1. The Morgan fingerprint density at radius 2 is 2.11 bits per heavy atom. The Hall–Kier alpha value is -2.30.